The second kappa shape index (κ2) is 6.51. The second-order valence-corrected chi connectivity index (χ2v) is 6.71. The van der Waals surface area contributed by atoms with Crippen molar-refractivity contribution in [3.05, 3.63) is 24.3 Å². The summed E-state index contributed by atoms with van der Waals surface area (Å²) in [5, 5.41) is 2.57. The van der Waals surface area contributed by atoms with Gasteiger partial charge in [-0.1, -0.05) is 12.1 Å². The maximum absolute atomic E-state index is 12.7. The molecule has 2 rings (SSSR count). The molecule has 0 aliphatic carbocycles. The summed E-state index contributed by atoms with van der Waals surface area (Å²) in [6.45, 7) is 6.70. The molecule has 0 fully saturated rings. The van der Waals surface area contributed by atoms with Crippen molar-refractivity contribution < 1.29 is 19.1 Å². The van der Waals surface area contributed by atoms with Gasteiger partial charge in [0, 0.05) is 14.0 Å². The van der Waals surface area contributed by atoms with E-state index < -0.39 is 17.7 Å². The van der Waals surface area contributed by atoms with Crippen molar-refractivity contribution in [2.45, 2.75) is 39.3 Å². The second-order valence-electron chi connectivity index (χ2n) is 6.71. The van der Waals surface area contributed by atoms with Crippen LogP contribution >= 0.6 is 0 Å². The average molecular weight is 333 g/mol. The number of amides is 3. The molecule has 0 saturated heterocycles. The fourth-order valence-corrected chi connectivity index (χ4v) is 2.54. The van der Waals surface area contributed by atoms with Crippen LogP contribution in [-0.4, -0.2) is 43.1 Å². The van der Waals surface area contributed by atoms with Crippen molar-refractivity contribution in [2.24, 2.45) is 0 Å². The Labute approximate surface area is 141 Å². The van der Waals surface area contributed by atoms with E-state index in [-0.39, 0.29) is 18.4 Å². The molecule has 1 aromatic carbocycles. The summed E-state index contributed by atoms with van der Waals surface area (Å²) < 4.78 is 5.21. The highest BCUT2D eigenvalue weighted by atomic mass is 16.6. The number of alkyl carbamates (subject to hydrolysis) is 1. The first kappa shape index (κ1) is 17.8. The quantitative estimate of drug-likeness (QED) is 0.851. The summed E-state index contributed by atoms with van der Waals surface area (Å²) >= 11 is 0. The van der Waals surface area contributed by atoms with Crippen LogP contribution in [-0.2, 0) is 14.3 Å². The maximum atomic E-state index is 12.7. The molecule has 1 aromatic rings. The molecule has 1 N–H and O–H groups in total. The van der Waals surface area contributed by atoms with Gasteiger partial charge in [-0.15, -0.1) is 0 Å². The molecule has 1 aliphatic heterocycles. The van der Waals surface area contributed by atoms with Gasteiger partial charge in [-0.25, -0.2) is 4.79 Å². The van der Waals surface area contributed by atoms with Gasteiger partial charge in [-0.05, 0) is 32.9 Å². The highest BCUT2D eigenvalue weighted by Gasteiger charge is 2.35. The van der Waals surface area contributed by atoms with E-state index in [9.17, 15) is 14.4 Å². The van der Waals surface area contributed by atoms with Crippen molar-refractivity contribution in [3.63, 3.8) is 0 Å². The van der Waals surface area contributed by atoms with Gasteiger partial charge >= 0.3 is 6.09 Å². The number of hydrogen-bond acceptors (Lipinski definition) is 4. The van der Waals surface area contributed by atoms with E-state index in [1.54, 1.807) is 52.1 Å². The highest BCUT2D eigenvalue weighted by Crippen LogP contribution is 2.31. The molecule has 1 aliphatic rings. The van der Waals surface area contributed by atoms with Gasteiger partial charge in [-0.3, -0.25) is 9.59 Å². The van der Waals surface area contributed by atoms with Gasteiger partial charge in [0.2, 0.25) is 5.91 Å². The SMILES string of the molecule is CC(=O)N1C[C@H](NC(=O)OC(C)(C)C)C(=O)N(C)c2ccccc21. The molecule has 0 spiro atoms. The summed E-state index contributed by atoms with van der Waals surface area (Å²) in [6, 6.07) is 6.24. The normalized spacial score (nSPS) is 17.9. The van der Waals surface area contributed by atoms with E-state index >= 15 is 0 Å². The Balaban J connectivity index is 2.31. The van der Waals surface area contributed by atoms with Crippen LogP contribution in [0.15, 0.2) is 24.3 Å². The summed E-state index contributed by atoms with van der Waals surface area (Å²) in [5.74, 6) is -0.515. The number of para-hydroxylation sites is 2. The molecular weight excluding hydrogens is 310 g/mol. The Hall–Kier alpha value is -2.57. The van der Waals surface area contributed by atoms with Crippen molar-refractivity contribution in [3.8, 4) is 0 Å². The third-order valence-electron chi connectivity index (χ3n) is 3.60. The van der Waals surface area contributed by atoms with Crippen molar-refractivity contribution in [1.29, 1.82) is 0 Å². The van der Waals surface area contributed by atoms with Gasteiger partial charge in [0.15, 0.2) is 0 Å². The van der Waals surface area contributed by atoms with Crippen LogP contribution in [0, 0.1) is 0 Å². The number of anilines is 2. The first-order chi connectivity index (χ1) is 11.1. The summed E-state index contributed by atoms with van der Waals surface area (Å²) in [4.78, 5) is 39.7. The molecule has 130 valence electrons. The lowest BCUT2D eigenvalue weighted by molar-refractivity contribution is -0.120. The van der Waals surface area contributed by atoms with E-state index in [1.807, 2.05) is 0 Å². The lowest BCUT2D eigenvalue weighted by Crippen LogP contribution is -2.52. The monoisotopic (exact) mass is 333 g/mol. The molecule has 0 saturated carbocycles. The Morgan fingerprint density at radius 3 is 2.33 bits per heavy atom. The third kappa shape index (κ3) is 3.84. The number of likely N-dealkylation sites (N-methyl/N-ethyl adjacent to an activating group) is 1. The van der Waals surface area contributed by atoms with Gasteiger partial charge in [0.1, 0.15) is 11.6 Å². The zero-order chi connectivity index (χ0) is 18.1. The Morgan fingerprint density at radius 2 is 1.79 bits per heavy atom. The fourth-order valence-electron chi connectivity index (χ4n) is 2.54. The van der Waals surface area contributed by atoms with Crippen LogP contribution in [0.1, 0.15) is 27.7 Å². The molecule has 0 radical (unpaired) electrons. The van der Waals surface area contributed by atoms with Gasteiger partial charge in [0.05, 0.1) is 17.9 Å². The molecular formula is C17H23N3O4. The van der Waals surface area contributed by atoms with Gasteiger partial charge in [-0.2, -0.15) is 0 Å². The van der Waals surface area contributed by atoms with Crippen LogP contribution in [0.2, 0.25) is 0 Å². The average Bonchev–Trinajstić information content (AvgIpc) is 2.56. The molecule has 24 heavy (non-hydrogen) atoms. The predicted molar refractivity (Wildman–Crippen MR) is 91.0 cm³/mol. The largest absolute Gasteiger partial charge is 0.444 e. The zero-order valence-corrected chi connectivity index (χ0v) is 14.6. The van der Waals surface area contributed by atoms with Crippen LogP contribution in [0.5, 0.6) is 0 Å². The minimum Gasteiger partial charge on any atom is -0.444 e. The van der Waals surface area contributed by atoms with Crippen molar-refractivity contribution in [1.82, 2.24) is 5.32 Å². The summed E-state index contributed by atoms with van der Waals surface area (Å²) in [6.07, 6.45) is -0.691. The van der Waals surface area contributed by atoms with Crippen LogP contribution in [0.3, 0.4) is 0 Å². The van der Waals surface area contributed by atoms with Crippen LogP contribution < -0.4 is 15.1 Å². The maximum Gasteiger partial charge on any atom is 0.408 e. The Bertz CT molecular complexity index is 666. The smallest absolute Gasteiger partial charge is 0.408 e. The van der Waals surface area contributed by atoms with Crippen molar-refractivity contribution in [2.75, 3.05) is 23.4 Å². The first-order valence-corrected chi connectivity index (χ1v) is 7.74. The number of nitrogens with zero attached hydrogens (tertiary/aromatic N) is 2. The zero-order valence-electron chi connectivity index (χ0n) is 14.6. The lowest BCUT2D eigenvalue weighted by atomic mass is 10.2. The molecule has 7 heteroatoms. The third-order valence-corrected chi connectivity index (χ3v) is 3.60. The number of carbonyl (C=O) groups excluding carboxylic acids is 3. The fraction of sp³-hybridized carbons (Fsp3) is 0.471. The highest BCUT2D eigenvalue weighted by molar-refractivity contribution is 6.07. The number of carbonyl (C=O) groups is 3. The molecule has 7 nitrogen and oxygen atoms in total. The number of fused-ring (bicyclic) bond motifs is 1. The van der Waals surface area contributed by atoms with Crippen molar-refractivity contribution >= 4 is 29.3 Å². The Morgan fingerprint density at radius 1 is 1.21 bits per heavy atom. The van der Waals surface area contributed by atoms with Crippen LogP contribution in [0.25, 0.3) is 0 Å². The number of hydrogen-bond donors (Lipinski definition) is 1. The topological polar surface area (TPSA) is 79.0 Å². The molecule has 0 unspecified atom stereocenters. The van der Waals surface area contributed by atoms with Crippen LogP contribution in [0.4, 0.5) is 16.2 Å². The van der Waals surface area contributed by atoms with Gasteiger partial charge in [0.25, 0.3) is 5.91 Å². The molecule has 1 heterocycles. The molecule has 0 aromatic heterocycles. The number of benzene rings is 1. The van der Waals surface area contributed by atoms with E-state index in [0.717, 1.165) is 0 Å². The van der Waals surface area contributed by atoms with E-state index in [4.69, 9.17) is 4.74 Å². The molecule has 0 bridgehead atoms. The van der Waals surface area contributed by atoms with Gasteiger partial charge < -0.3 is 19.9 Å². The standard InChI is InChI=1S/C17H23N3O4/c1-11(21)20-10-12(18-16(23)24-17(2,3)4)15(22)19(5)13-8-6-7-9-14(13)20/h6-9,12H,10H2,1-5H3,(H,18,23)/t12-/m0/s1. The minimum absolute atomic E-state index is 0.0504. The summed E-state index contributed by atoms with van der Waals surface area (Å²) in [5.41, 5.74) is 0.577. The Kier molecular flexibility index (Phi) is 4.82. The summed E-state index contributed by atoms with van der Waals surface area (Å²) in [7, 11) is 1.62. The lowest BCUT2D eigenvalue weighted by Gasteiger charge is -2.25. The molecule has 1 atom stereocenters. The van der Waals surface area contributed by atoms with E-state index in [0.29, 0.717) is 11.4 Å². The number of nitrogens with one attached hydrogen (secondary N) is 1. The minimum atomic E-state index is -0.888. The first-order valence-electron chi connectivity index (χ1n) is 7.74. The van der Waals surface area contributed by atoms with E-state index in [2.05, 4.69) is 5.32 Å². The number of ether oxygens (including phenoxy) is 1. The molecule has 3 amide bonds. The predicted octanol–water partition coefficient (Wildman–Crippen LogP) is 1.91. The number of rotatable bonds is 1. The van der Waals surface area contributed by atoms with E-state index in [1.165, 1.54) is 16.7 Å².